The Morgan fingerprint density at radius 1 is 1.33 bits per heavy atom. The van der Waals surface area contributed by atoms with E-state index in [1.807, 2.05) is 21.0 Å². The molecule has 0 unspecified atom stereocenters. The third kappa shape index (κ3) is 2.63. The van der Waals surface area contributed by atoms with Crippen LogP contribution in [-0.4, -0.2) is 24.2 Å². The van der Waals surface area contributed by atoms with Gasteiger partial charge in [-0.2, -0.15) is 0 Å². The maximum Gasteiger partial charge on any atom is 0.255 e. The lowest BCUT2D eigenvalue weighted by Gasteiger charge is -2.16. The Hall–Kier alpha value is -2.30. The minimum Gasteiger partial charge on any atom is -0.507 e. The molecule has 0 atom stereocenters. The molecule has 1 aromatic heterocycles. The highest BCUT2D eigenvalue weighted by molar-refractivity contribution is 5.69. The summed E-state index contributed by atoms with van der Waals surface area (Å²) in [6, 6.07) is 4.79. The predicted molar refractivity (Wildman–Crippen MR) is 82.6 cm³/mol. The van der Waals surface area contributed by atoms with Crippen molar-refractivity contribution in [3.05, 3.63) is 45.5 Å². The van der Waals surface area contributed by atoms with Crippen LogP contribution in [0.3, 0.4) is 0 Å². The van der Waals surface area contributed by atoms with Crippen molar-refractivity contribution in [3.8, 4) is 17.0 Å². The van der Waals surface area contributed by atoms with Gasteiger partial charge in [-0.25, -0.2) is 4.39 Å². The summed E-state index contributed by atoms with van der Waals surface area (Å²) < 4.78 is 14.3. The van der Waals surface area contributed by atoms with Crippen LogP contribution >= 0.6 is 0 Å². The Bertz CT molecular complexity index is 736. The summed E-state index contributed by atoms with van der Waals surface area (Å²) in [7, 11) is 3.65. The molecule has 0 aliphatic rings. The van der Waals surface area contributed by atoms with Crippen LogP contribution in [-0.2, 0) is 6.42 Å². The van der Waals surface area contributed by atoms with Gasteiger partial charge < -0.3 is 15.0 Å². The smallest absolute Gasteiger partial charge is 0.255 e. The number of rotatable bonds is 3. The molecule has 0 aliphatic carbocycles. The third-order valence-electron chi connectivity index (χ3n) is 3.61. The van der Waals surface area contributed by atoms with E-state index >= 15 is 0 Å². The molecule has 0 fully saturated rings. The van der Waals surface area contributed by atoms with E-state index in [0.29, 0.717) is 17.7 Å². The fourth-order valence-corrected chi connectivity index (χ4v) is 2.29. The number of halogens is 1. The van der Waals surface area contributed by atoms with Crippen LogP contribution in [0.5, 0.6) is 5.75 Å². The van der Waals surface area contributed by atoms with Crippen molar-refractivity contribution in [1.82, 2.24) is 4.98 Å². The summed E-state index contributed by atoms with van der Waals surface area (Å²) in [6.07, 6.45) is 0.494. The molecule has 2 rings (SSSR count). The number of aromatic amines is 1. The lowest BCUT2D eigenvalue weighted by atomic mass is 10.0. The fraction of sp³-hybridized carbons (Fsp3) is 0.312. The van der Waals surface area contributed by atoms with E-state index in [4.69, 9.17) is 0 Å². The molecule has 4 nitrogen and oxygen atoms in total. The normalized spacial score (nSPS) is 10.7. The molecule has 0 spiro atoms. The highest BCUT2D eigenvalue weighted by Crippen LogP contribution is 2.32. The van der Waals surface area contributed by atoms with Gasteiger partial charge in [0.25, 0.3) is 5.56 Å². The molecule has 1 aromatic carbocycles. The van der Waals surface area contributed by atoms with Crippen molar-refractivity contribution in [3.63, 3.8) is 0 Å². The van der Waals surface area contributed by atoms with Crippen molar-refractivity contribution in [2.24, 2.45) is 0 Å². The lowest BCUT2D eigenvalue weighted by molar-refractivity contribution is 0.463. The van der Waals surface area contributed by atoms with E-state index in [2.05, 4.69) is 4.98 Å². The highest BCUT2D eigenvalue weighted by atomic mass is 19.1. The zero-order chi connectivity index (χ0) is 15.7. The molecule has 1 heterocycles. The van der Waals surface area contributed by atoms with E-state index in [1.165, 1.54) is 6.07 Å². The largest absolute Gasteiger partial charge is 0.507 e. The van der Waals surface area contributed by atoms with E-state index in [1.54, 1.807) is 24.0 Å². The number of hydrogen-bond donors (Lipinski definition) is 2. The SMILES string of the molecule is CCc1c(-c2ccc(N(C)C)cc2F)[nH]c(=O)c(C)c1O. The Labute approximate surface area is 122 Å². The lowest BCUT2D eigenvalue weighted by Crippen LogP contribution is -2.14. The zero-order valence-electron chi connectivity index (χ0n) is 12.6. The van der Waals surface area contributed by atoms with Crippen LogP contribution in [0.25, 0.3) is 11.3 Å². The van der Waals surface area contributed by atoms with Gasteiger partial charge in [0, 0.05) is 30.9 Å². The van der Waals surface area contributed by atoms with Gasteiger partial charge in [-0.3, -0.25) is 4.79 Å². The number of nitrogens with zero attached hydrogens (tertiary/aromatic N) is 1. The average molecular weight is 290 g/mol. The molecule has 0 aliphatic heterocycles. The quantitative estimate of drug-likeness (QED) is 0.914. The second-order valence-electron chi connectivity index (χ2n) is 5.19. The van der Waals surface area contributed by atoms with E-state index in [0.717, 1.165) is 5.69 Å². The van der Waals surface area contributed by atoms with Crippen molar-refractivity contribution >= 4 is 5.69 Å². The molecule has 5 heteroatoms. The molecule has 21 heavy (non-hydrogen) atoms. The molecule has 0 bridgehead atoms. The number of hydrogen-bond acceptors (Lipinski definition) is 3. The van der Waals surface area contributed by atoms with Crippen LogP contribution in [0.15, 0.2) is 23.0 Å². The minimum atomic E-state index is -0.435. The van der Waals surface area contributed by atoms with Crippen molar-refractivity contribution in [2.45, 2.75) is 20.3 Å². The topological polar surface area (TPSA) is 56.3 Å². The Kier molecular flexibility index (Phi) is 4.02. The molecule has 2 N–H and O–H groups in total. The fourth-order valence-electron chi connectivity index (χ4n) is 2.29. The number of pyridine rings is 1. The van der Waals surface area contributed by atoms with Gasteiger partial charge in [-0.1, -0.05) is 6.92 Å². The maximum absolute atomic E-state index is 14.3. The number of aromatic hydroxyl groups is 1. The number of aromatic nitrogens is 1. The Morgan fingerprint density at radius 2 is 2.00 bits per heavy atom. The van der Waals surface area contributed by atoms with Gasteiger partial charge in [-0.05, 0) is 31.5 Å². The number of H-pyrrole nitrogens is 1. The average Bonchev–Trinajstić information content (AvgIpc) is 2.44. The van der Waals surface area contributed by atoms with Gasteiger partial charge in [-0.15, -0.1) is 0 Å². The minimum absolute atomic E-state index is 0.0627. The molecule has 0 amide bonds. The van der Waals surface area contributed by atoms with Gasteiger partial charge in [0.1, 0.15) is 11.6 Å². The first kappa shape index (κ1) is 15.1. The molecule has 112 valence electrons. The first-order chi connectivity index (χ1) is 9.86. The van der Waals surface area contributed by atoms with Gasteiger partial charge in [0.05, 0.1) is 11.3 Å². The second-order valence-corrected chi connectivity index (χ2v) is 5.19. The first-order valence-electron chi connectivity index (χ1n) is 6.78. The summed E-state index contributed by atoms with van der Waals surface area (Å²) in [5.74, 6) is -0.498. The first-order valence-corrected chi connectivity index (χ1v) is 6.78. The third-order valence-corrected chi connectivity index (χ3v) is 3.61. The van der Waals surface area contributed by atoms with Gasteiger partial charge in [0.15, 0.2) is 0 Å². The zero-order valence-corrected chi connectivity index (χ0v) is 12.6. The molecule has 0 saturated heterocycles. The van der Waals surface area contributed by atoms with E-state index < -0.39 is 11.4 Å². The standard InChI is InChI=1S/C16H19FN2O2/c1-5-11-14(18-16(21)9(2)15(11)20)12-7-6-10(19(3)4)8-13(12)17/h6-8H,5H2,1-4H3,(H2,18,20,21). The number of nitrogens with one attached hydrogen (secondary N) is 1. The molecular formula is C16H19FN2O2. The summed E-state index contributed by atoms with van der Waals surface area (Å²) >= 11 is 0. The van der Waals surface area contributed by atoms with Crippen molar-refractivity contribution in [1.29, 1.82) is 0 Å². The van der Waals surface area contributed by atoms with Crippen LogP contribution in [0.4, 0.5) is 10.1 Å². The second kappa shape index (κ2) is 5.60. The molecule has 0 radical (unpaired) electrons. The van der Waals surface area contributed by atoms with Crippen molar-refractivity contribution < 1.29 is 9.50 Å². The Morgan fingerprint density at radius 3 is 2.52 bits per heavy atom. The predicted octanol–water partition coefficient (Wildman–Crippen LogP) is 2.82. The Balaban J connectivity index is 2.70. The number of anilines is 1. The molecule has 2 aromatic rings. The van der Waals surface area contributed by atoms with Crippen LogP contribution in [0, 0.1) is 12.7 Å². The number of benzene rings is 1. The highest BCUT2D eigenvalue weighted by Gasteiger charge is 2.17. The molecular weight excluding hydrogens is 271 g/mol. The van der Waals surface area contributed by atoms with E-state index in [9.17, 15) is 14.3 Å². The molecule has 0 saturated carbocycles. The van der Waals surface area contributed by atoms with E-state index in [-0.39, 0.29) is 16.9 Å². The van der Waals surface area contributed by atoms with Crippen molar-refractivity contribution in [2.75, 3.05) is 19.0 Å². The van der Waals surface area contributed by atoms with Crippen LogP contribution in [0.1, 0.15) is 18.1 Å². The maximum atomic E-state index is 14.3. The van der Waals surface area contributed by atoms with Gasteiger partial charge in [0.2, 0.25) is 0 Å². The van der Waals surface area contributed by atoms with Crippen LogP contribution < -0.4 is 10.5 Å². The van der Waals surface area contributed by atoms with Gasteiger partial charge >= 0.3 is 0 Å². The van der Waals surface area contributed by atoms with Crippen LogP contribution in [0.2, 0.25) is 0 Å². The monoisotopic (exact) mass is 290 g/mol. The summed E-state index contributed by atoms with van der Waals surface area (Å²) in [4.78, 5) is 16.3. The summed E-state index contributed by atoms with van der Waals surface area (Å²) in [5.41, 5.74) is 1.74. The summed E-state index contributed by atoms with van der Waals surface area (Å²) in [6.45, 7) is 3.39. The summed E-state index contributed by atoms with van der Waals surface area (Å²) in [5, 5.41) is 10.1.